The first-order valence-corrected chi connectivity index (χ1v) is 5.48. The van der Waals surface area contributed by atoms with Crippen molar-refractivity contribution in [3.63, 3.8) is 0 Å². The van der Waals surface area contributed by atoms with Crippen LogP contribution in [0.3, 0.4) is 0 Å². The minimum absolute atomic E-state index is 0.0954. The van der Waals surface area contributed by atoms with E-state index in [-0.39, 0.29) is 10.8 Å². The molecule has 1 aromatic carbocycles. The number of hydrogen-bond donors (Lipinski definition) is 0. The molecule has 0 saturated heterocycles. The minimum atomic E-state index is -0.920. The number of fused-ring (bicyclic) bond motifs is 1. The Bertz CT molecular complexity index is 785. The second-order valence-electron chi connectivity index (χ2n) is 3.73. The molecule has 2 amide bonds. The Morgan fingerprint density at radius 3 is 2.42 bits per heavy atom. The molecule has 0 aliphatic carbocycles. The summed E-state index contributed by atoms with van der Waals surface area (Å²) in [5, 5.41) is 0.177. The summed E-state index contributed by atoms with van der Waals surface area (Å²) in [5.74, 6) is -0.911. The van der Waals surface area contributed by atoms with Crippen molar-refractivity contribution in [3.05, 3.63) is 53.4 Å². The number of nitrogens with zero attached hydrogens (tertiary/aromatic N) is 3. The topological polar surface area (TPSA) is 81.0 Å². The van der Waals surface area contributed by atoms with Crippen molar-refractivity contribution in [2.45, 2.75) is 0 Å². The van der Waals surface area contributed by atoms with Crippen LogP contribution in [0.2, 0.25) is 0 Å². The highest BCUT2D eigenvalue weighted by Crippen LogP contribution is 2.16. The number of benzene rings is 1. The number of carbonyl (C=O) groups is 2. The highest BCUT2D eigenvalue weighted by molar-refractivity contribution is 6.36. The molecule has 2 heterocycles. The lowest BCUT2D eigenvalue weighted by atomic mass is 10.3. The largest absolute Gasteiger partial charge is 0.455 e. The lowest BCUT2D eigenvalue weighted by molar-refractivity contribution is -0.135. The first kappa shape index (κ1) is 11.2. The molecule has 0 bridgehead atoms. The summed E-state index contributed by atoms with van der Waals surface area (Å²) in [6.07, 6.45) is 1.44. The molecule has 2 aromatic rings. The van der Waals surface area contributed by atoms with Gasteiger partial charge < -0.3 is 4.74 Å². The smallest absolute Gasteiger partial charge is 0.339 e. The molecule has 1 aliphatic heterocycles. The van der Waals surface area contributed by atoms with Crippen LogP contribution in [0.15, 0.2) is 52.6 Å². The van der Waals surface area contributed by atoms with E-state index in [0.29, 0.717) is 11.5 Å². The van der Waals surface area contributed by atoms with Crippen LogP contribution in [0.1, 0.15) is 0 Å². The van der Waals surface area contributed by atoms with E-state index >= 15 is 0 Å². The van der Waals surface area contributed by atoms with E-state index in [1.54, 1.807) is 18.2 Å². The minimum Gasteiger partial charge on any atom is -0.455 e. The molecule has 19 heavy (non-hydrogen) atoms. The van der Waals surface area contributed by atoms with Crippen LogP contribution < -0.4 is 15.6 Å². The maximum Gasteiger partial charge on any atom is 0.339 e. The van der Waals surface area contributed by atoms with Crippen LogP contribution in [0.5, 0.6) is 11.5 Å². The van der Waals surface area contributed by atoms with Crippen LogP contribution in [0.25, 0.3) is 0 Å². The van der Waals surface area contributed by atoms with E-state index in [0.717, 1.165) is 0 Å². The molecule has 0 spiro atoms. The Labute approximate surface area is 107 Å². The number of rotatable bonds is 2. The first-order valence-electron chi connectivity index (χ1n) is 5.48. The Morgan fingerprint density at radius 2 is 1.63 bits per heavy atom. The Morgan fingerprint density at radius 1 is 0.895 bits per heavy atom. The van der Waals surface area contributed by atoms with E-state index in [4.69, 9.17) is 4.74 Å². The molecule has 0 atom stereocenters. The van der Waals surface area contributed by atoms with Gasteiger partial charge in [0.05, 0.1) is 0 Å². The summed E-state index contributed by atoms with van der Waals surface area (Å²) in [7, 11) is 0. The zero-order valence-corrected chi connectivity index (χ0v) is 9.61. The molecule has 6 heteroatoms. The zero-order valence-electron chi connectivity index (χ0n) is 9.61. The van der Waals surface area contributed by atoms with Crippen LogP contribution in [-0.4, -0.2) is 16.8 Å². The number of para-hydroxylation sites is 1. The van der Waals surface area contributed by atoms with Gasteiger partial charge in [0, 0.05) is 12.3 Å². The van der Waals surface area contributed by atoms with Crippen molar-refractivity contribution in [3.8, 4) is 11.5 Å². The van der Waals surface area contributed by atoms with E-state index in [1.165, 1.54) is 6.20 Å². The van der Waals surface area contributed by atoms with Gasteiger partial charge in [0.25, 0.3) is 0 Å². The van der Waals surface area contributed by atoms with Crippen molar-refractivity contribution >= 4 is 11.8 Å². The van der Waals surface area contributed by atoms with Gasteiger partial charge in [0.2, 0.25) is 0 Å². The average Bonchev–Trinajstić information content (AvgIpc) is 2.42. The Kier molecular flexibility index (Phi) is 2.60. The normalized spacial score (nSPS) is 13.3. The summed E-state index contributed by atoms with van der Waals surface area (Å²) >= 11 is 0. The monoisotopic (exact) mass is 253 g/mol. The van der Waals surface area contributed by atoms with E-state index in [9.17, 15) is 9.59 Å². The predicted octanol–water partition coefficient (Wildman–Crippen LogP) is 0.180. The van der Waals surface area contributed by atoms with Crippen molar-refractivity contribution in [2.24, 2.45) is 9.98 Å². The molecular weight excluding hydrogens is 246 g/mol. The van der Waals surface area contributed by atoms with E-state index in [2.05, 4.69) is 15.0 Å². The van der Waals surface area contributed by atoms with Crippen molar-refractivity contribution in [1.29, 1.82) is 0 Å². The standard InChI is InChI=1S/C13H7N3O3/c17-12-13(18)16-11-10(15-12)9(6-7-14-11)19-8-4-2-1-3-5-8/h1-7H. The first-order chi connectivity index (χ1) is 9.24. The van der Waals surface area contributed by atoms with Crippen LogP contribution in [0.4, 0.5) is 0 Å². The molecule has 1 aromatic heterocycles. The van der Waals surface area contributed by atoms with Crippen molar-refractivity contribution < 1.29 is 14.3 Å². The molecular formula is C13H7N3O3. The van der Waals surface area contributed by atoms with Crippen molar-refractivity contribution in [1.82, 2.24) is 4.98 Å². The molecule has 0 unspecified atom stereocenters. The highest BCUT2D eigenvalue weighted by atomic mass is 16.5. The fraction of sp³-hybridized carbons (Fsp3) is 0. The van der Waals surface area contributed by atoms with Gasteiger partial charge in [-0.25, -0.2) is 4.98 Å². The zero-order chi connectivity index (χ0) is 13.2. The van der Waals surface area contributed by atoms with Crippen molar-refractivity contribution in [2.75, 3.05) is 0 Å². The lowest BCUT2D eigenvalue weighted by Gasteiger charge is -2.06. The highest BCUT2D eigenvalue weighted by Gasteiger charge is 2.18. The van der Waals surface area contributed by atoms with Gasteiger partial charge in [-0.05, 0) is 12.1 Å². The fourth-order valence-electron chi connectivity index (χ4n) is 1.60. The Balaban J connectivity index is 2.13. The number of ether oxygens (including phenoxy) is 1. The van der Waals surface area contributed by atoms with Crippen LogP contribution in [0, 0.1) is 0 Å². The molecule has 0 fully saturated rings. The fourth-order valence-corrected chi connectivity index (χ4v) is 1.60. The number of amides is 2. The molecule has 0 N–H and O–H groups in total. The summed E-state index contributed by atoms with van der Waals surface area (Å²) < 4.78 is 5.60. The summed E-state index contributed by atoms with van der Waals surface area (Å²) in [6.45, 7) is 0. The number of pyridine rings is 1. The van der Waals surface area contributed by atoms with Gasteiger partial charge in [-0.3, -0.25) is 9.59 Å². The maximum atomic E-state index is 11.3. The summed E-state index contributed by atoms with van der Waals surface area (Å²) in [6, 6.07) is 10.6. The van der Waals surface area contributed by atoms with Gasteiger partial charge >= 0.3 is 11.8 Å². The second-order valence-corrected chi connectivity index (χ2v) is 3.73. The van der Waals surface area contributed by atoms with Gasteiger partial charge in [0.15, 0.2) is 16.6 Å². The molecule has 0 saturated carbocycles. The Hall–Kier alpha value is -2.89. The molecule has 3 rings (SSSR count). The van der Waals surface area contributed by atoms with Gasteiger partial charge in [-0.15, -0.1) is 0 Å². The summed E-state index contributed by atoms with van der Waals surface area (Å²) in [5.41, 5.74) is 0.0954. The number of carbonyl (C=O) groups excluding carboxylic acids is 2. The molecule has 92 valence electrons. The SMILES string of the molecule is O=C1N=c2nccc(Oc3ccccc3)c2=NC1=O. The maximum absolute atomic E-state index is 11.3. The third kappa shape index (κ3) is 2.11. The molecule has 1 aliphatic rings. The predicted molar refractivity (Wildman–Crippen MR) is 63.1 cm³/mol. The van der Waals surface area contributed by atoms with Crippen LogP contribution in [-0.2, 0) is 9.59 Å². The third-order valence-corrected chi connectivity index (χ3v) is 2.44. The number of aromatic nitrogens is 1. The second kappa shape index (κ2) is 4.41. The summed E-state index contributed by atoms with van der Waals surface area (Å²) in [4.78, 5) is 33.5. The lowest BCUT2D eigenvalue weighted by Crippen LogP contribution is -2.37. The number of hydrogen-bond acceptors (Lipinski definition) is 4. The molecule has 0 radical (unpaired) electrons. The average molecular weight is 253 g/mol. The van der Waals surface area contributed by atoms with Gasteiger partial charge in [0.1, 0.15) is 5.75 Å². The quantitative estimate of drug-likeness (QED) is 0.715. The van der Waals surface area contributed by atoms with Gasteiger partial charge in [-0.2, -0.15) is 9.98 Å². The van der Waals surface area contributed by atoms with Crippen LogP contribution >= 0.6 is 0 Å². The third-order valence-electron chi connectivity index (χ3n) is 2.44. The van der Waals surface area contributed by atoms with E-state index < -0.39 is 11.8 Å². The van der Waals surface area contributed by atoms with Gasteiger partial charge in [-0.1, -0.05) is 18.2 Å². The van der Waals surface area contributed by atoms with E-state index in [1.807, 2.05) is 18.2 Å². The molecule has 6 nitrogen and oxygen atoms in total.